The summed E-state index contributed by atoms with van der Waals surface area (Å²) in [5.41, 5.74) is 5.17. The van der Waals surface area contributed by atoms with Crippen LogP contribution in [0.3, 0.4) is 0 Å². The van der Waals surface area contributed by atoms with E-state index in [1.165, 1.54) is 5.56 Å². The molecule has 0 bridgehead atoms. The second-order valence-electron chi connectivity index (χ2n) is 9.18. The number of likely N-dealkylation sites (tertiary alicyclic amines) is 1. The number of thiophene rings is 1. The summed E-state index contributed by atoms with van der Waals surface area (Å²) in [5.74, 6) is 0.945. The third kappa shape index (κ3) is 3.38. The molecule has 1 N–H and O–H groups in total. The molecule has 1 aromatic carbocycles. The average Bonchev–Trinajstić information content (AvgIpc) is 3.23. The Balaban J connectivity index is 1.20. The third-order valence-electron chi connectivity index (χ3n) is 7.14. The predicted molar refractivity (Wildman–Crippen MR) is 128 cm³/mol. The lowest BCUT2D eigenvalue weighted by Crippen LogP contribution is -2.45. The quantitative estimate of drug-likeness (QED) is 0.470. The van der Waals surface area contributed by atoms with Crippen molar-refractivity contribution in [3.8, 4) is 10.4 Å². The molecule has 2 amide bonds. The Hall–Kier alpha value is -3.32. The number of benzene rings is 1. The Labute approximate surface area is 195 Å². The second-order valence-corrected chi connectivity index (χ2v) is 10.1. The van der Waals surface area contributed by atoms with Crippen molar-refractivity contribution in [2.24, 2.45) is 18.9 Å². The van der Waals surface area contributed by atoms with Crippen LogP contribution in [0.15, 0.2) is 58.5 Å². The van der Waals surface area contributed by atoms with Crippen LogP contribution in [0.4, 0.5) is 0 Å². The number of fused-ring (bicyclic) bond motifs is 2. The minimum Gasteiger partial charge on any atom is -0.463 e. The summed E-state index contributed by atoms with van der Waals surface area (Å²) in [6, 6.07) is 13.9. The molecule has 168 valence electrons. The van der Waals surface area contributed by atoms with Crippen molar-refractivity contribution in [2.45, 2.75) is 19.4 Å². The molecular formula is C26H25N3O3S. The van der Waals surface area contributed by atoms with Crippen LogP contribution in [0.5, 0.6) is 0 Å². The molecule has 4 heterocycles. The highest BCUT2D eigenvalue weighted by atomic mass is 32.1. The number of rotatable bonds is 5. The first-order valence-corrected chi connectivity index (χ1v) is 12.2. The fraction of sp³-hybridized carbons (Fsp3) is 0.308. The fourth-order valence-electron chi connectivity index (χ4n) is 5.18. The maximum Gasteiger partial charge on any atom is 0.268 e. The van der Waals surface area contributed by atoms with Gasteiger partial charge in [0.1, 0.15) is 5.69 Å². The first-order chi connectivity index (χ1) is 16.0. The zero-order valence-corrected chi connectivity index (χ0v) is 19.4. The molecule has 0 radical (unpaired) electrons. The van der Waals surface area contributed by atoms with E-state index >= 15 is 0 Å². The van der Waals surface area contributed by atoms with Crippen LogP contribution in [0, 0.1) is 18.8 Å². The lowest BCUT2D eigenvalue weighted by molar-refractivity contribution is 0.0695. The van der Waals surface area contributed by atoms with Gasteiger partial charge in [0, 0.05) is 37.1 Å². The molecule has 2 aliphatic rings. The average molecular weight is 460 g/mol. The van der Waals surface area contributed by atoms with Crippen LogP contribution in [0.2, 0.25) is 0 Å². The Bertz CT molecular complexity index is 1360. The molecule has 2 fully saturated rings. The van der Waals surface area contributed by atoms with Gasteiger partial charge < -0.3 is 19.2 Å². The highest BCUT2D eigenvalue weighted by Gasteiger charge is 2.54. The lowest BCUT2D eigenvalue weighted by atomic mass is 10.1. The number of carbonyl (C=O) groups excluding carboxylic acids is 2. The van der Waals surface area contributed by atoms with Gasteiger partial charge in [-0.2, -0.15) is 0 Å². The van der Waals surface area contributed by atoms with E-state index in [4.69, 9.17) is 4.42 Å². The van der Waals surface area contributed by atoms with E-state index in [1.807, 2.05) is 34.0 Å². The number of aryl methyl sites for hydroxylation is 2. The maximum absolute atomic E-state index is 13.6. The van der Waals surface area contributed by atoms with E-state index in [9.17, 15) is 9.59 Å². The molecule has 1 saturated carbocycles. The topological polar surface area (TPSA) is 67.5 Å². The number of carbonyl (C=O) groups is 2. The SMILES string of the molecule is Cc1ccc(-c2sccc2C(=O)N2C[C@@H]3C[C@@H]3[C@H]2CNC(=O)c2cc3occc3n2C)cc1. The highest BCUT2D eigenvalue weighted by molar-refractivity contribution is 7.14. The summed E-state index contributed by atoms with van der Waals surface area (Å²) in [5, 5.41) is 5.07. The van der Waals surface area contributed by atoms with Gasteiger partial charge in [0.25, 0.3) is 11.8 Å². The molecule has 7 heteroatoms. The summed E-state index contributed by atoms with van der Waals surface area (Å²) >= 11 is 1.60. The van der Waals surface area contributed by atoms with Crippen molar-refractivity contribution in [1.82, 2.24) is 14.8 Å². The summed E-state index contributed by atoms with van der Waals surface area (Å²) < 4.78 is 7.26. The van der Waals surface area contributed by atoms with Crippen molar-refractivity contribution < 1.29 is 14.0 Å². The largest absolute Gasteiger partial charge is 0.463 e. The van der Waals surface area contributed by atoms with Crippen molar-refractivity contribution in [3.05, 3.63) is 70.9 Å². The molecule has 1 aliphatic carbocycles. The van der Waals surface area contributed by atoms with Gasteiger partial charge in [0.15, 0.2) is 5.58 Å². The molecule has 3 atom stereocenters. The van der Waals surface area contributed by atoms with E-state index in [0.717, 1.165) is 34.5 Å². The van der Waals surface area contributed by atoms with Gasteiger partial charge in [-0.1, -0.05) is 29.8 Å². The van der Waals surface area contributed by atoms with Crippen molar-refractivity contribution in [2.75, 3.05) is 13.1 Å². The van der Waals surface area contributed by atoms with Gasteiger partial charge in [-0.15, -0.1) is 11.3 Å². The molecule has 1 saturated heterocycles. The van der Waals surface area contributed by atoms with Crippen molar-refractivity contribution >= 4 is 34.3 Å². The molecular weight excluding hydrogens is 434 g/mol. The number of nitrogens with one attached hydrogen (secondary N) is 1. The van der Waals surface area contributed by atoms with Crippen molar-refractivity contribution in [3.63, 3.8) is 0 Å². The number of aromatic nitrogens is 1. The number of hydrogen-bond donors (Lipinski definition) is 1. The van der Waals surface area contributed by atoms with E-state index in [-0.39, 0.29) is 17.9 Å². The Morgan fingerprint density at radius 3 is 2.79 bits per heavy atom. The van der Waals surface area contributed by atoms with Crippen LogP contribution in [-0.2, 0) is 7.05 Å². The standard InChI is InChI=1S/C26H25N3O3S/c1-15-3-5-16(6-4-15)24-18(8-10-33-24)26(31)29-14-17-11-19(17)22(29)13-27-25(30)21-12-23-20(28(21)2)7-9-32-23/h3-10,12,17,19,22H,11,13-14H2,1-2H3,(H,27,30)/t17-,19-,22+/m0/s1. The van der Waals surface area contributed by atoms with Gasteiger partial charge in [-0.3, -0.25) is 9.59 Å². The highest BCUT2D eigenvalue weighted by Crippen LogP contribution is 2.50. The van der Waals surface area contributed by atoms with E-state index in [0.29, 0.717) is 29.7 Å². The first kappa shape index (κ1) is 20.3. The monoisotopic (exact) mass is 459 g/mol. The number of piperidine rings is 1. The van der Waals surface area contributed by atoms with Gasteiger partial charge in [-0.05, 0) is 42.2 Å². The van der Waals surface area contributed by atoms with Crippen LogP contribution in [0.1, 0.15) is 32.8 Å². The second kappa shape index (κ2) is 7.63. The summed E-state index contributed by atoms with van der Waals surface area (Å²) in [7, 11) is 1.86. The van der Waals surface area contributed by atoms with Gasteiger partial charge >= 0.3 is 0 Å². The predicted octanol–water partition coefficient (Wildman–Crippen LogP) is 4.70. The van der Waals surface area contributed by atoms with Gasteiger partial charge in [0.05, 0.1) is 23.4 Å². The summed E-state index contributed by atoms with van der Waals surface area (Å²) in [4.78, 5) is 29.5. The van der Waals surface area contributed by atoms with Crippen LogP contribution >= 0.6 is 11.3 Å². The first-order valence-electron chi connectivity index (χ1n) is 11.3. The molecule has 6 rings (SSSR count). The van der Waals surface area contributed by atoms with Gasteiger partial charge in [-0.25, -0.2) is 0 Å². The zero-order chi connectivity index (χ0) is 22.7. The smallest absolute Gasteiger partial charge is 0.268 e. The Kier molecular flexibility index (Phi) is 4.69. The minimum absolute atomic E-state index is 0.0282. The van der Waals surface area contributed by atoms with Gasteiger partial charge in [0.2, 0.25) is 0 Å². The maximum atomic E-state index is 13.6. The lowest BCUT2D eigenvalue weighted by Gasteiger charge is -2.28. The van der Waals surface area contributed by atoms with E-state index < -0.39 is 0 Å². The number of amides is 2. The molecule has 0 spiro atoms. The summed E-state index contributed by atoms with van der Waals surface area (Å²) in [6.07, 6.45) is 2.76. The third-order valence-corrected chi connectivity index (χ3v) is 8.11. The fourth-order valence-corrected chi connectivity index (χ4v) is 6.08. The van der Waals surface area contributed by atoms with E-state index in [1.54, 1.807) is 23.7 Å². The normalized spacial score (nSPS) is 21.4. The zero-order valence-electron chi connectivity index (χ0n) is 18.6. The number of nitrogens with zero attached hydrogens (tertiary/aromatic N) is 2. The molecule has 33 heavy (non-hydrogen) atoms. The van der Waals surface area contributed by atoms with Crippen LogP contribution < -0.4 is 5.32 Å². The molecule has 6 nitrogen and oxygen atoms in total. The molecule has 1 aliphatic heterocycles. The molecule has 0 unspecified atom stereocenters. The minimum atomic E-state index is -0.142. The van der Waals surface area contributed by atoms with Crippen LogP contribution in [0.25, 0.3) is 21.5 Å². The summed E-state index contributed by atoms with van der Waals surface area (Å²) in [6.45, 7) is 3.29. The molecule has 3 aromatic heterocycles. The van der Waals surface area contributed by atoms with Crippen molar-refractivity contribution in [1.29, 1.82) is 0 Å². The number of hydrogen-bond acceptors (Lipinski definition) is 4. The Morgan fingerprint density at radius 2 is 2.00 bits per heavy atom. The Morgan fingerprint density at radius 1 is 1.18 bits per heavy atom. The van der Waals surface area contributed by atoms with Crippen LogP contribution in [-0.4, -0.2) is 40.4 Å². The number of furan rings is 1. The molecule has 4 aromatic rings. The van der Waals surface area contributed by atoms with E-state index in [2.05, 4.69) is 36.5 Å².